The summed E-state index contributed by atoms with van der Waals surface area (Å²) in [6.45, 7) is 6.49. The number of rotatable bonds is 4. The zero-order valence-corrected chi connectivity index (χ0v) is 23.7. The van der Waals surface area contributed by atoms with E-state index in [4.69, 9.17) is 4.99 Å². The van der Waals surface area contributed by atoms with Crippen LogP contribution in [0.25, 0.3) is 10.8 Å². The van der Waals surface area contributed by atoms with Crippen LogP contribution in [-0.2, 0) is 10.8 Å². The molecule has 0 aliphatic carbocycles. The van der Waals surface area contributed by atoms with E-state index in [1.807, 2.05) is 0 Å². The number of phenols is 1. The molecule has 0 aromatic heterocycles. The highest BCUT2D eigenvalue weighted by molar-refractivity contribution is 7.82. The lowest BCUT2D eigenvalue weighted by Gasteiger charge is -2.35. The number of hydrogen-bond acceptors (Lipinski definition) is 2. The molecule has 2 unspecified atom stereocenters. The normalized spacial score (nSPS) is 20.5. The van der Waals surface area contributed by atoms with Crippen molar-refractivity contribution in [2.45, 2.75) is 38.0 Å². The number of aromatic hydroxyl groups is 1. The Balaban J connectivity index is 1.66. The van der Waals surface area contributed by atoms with E-state index in [9.17, 15) is 5.11 Å². The number of para-hydroxylation sites is 1. The number of hydrogen-bond donors (Lipinski definition) is 1. The lowest BCUT2D eigenvalue weighted by Crippen LogP contribution is -2.33. The Bertz CT molecular complexity index is 1650. The van der Waals surface area contributed by atoms with Gasteiger partial charge in [0.2, 0.25) is 0 Å². The summed E-state index contributed by atoms with van der Waals surface area (Å²) < 4.78 is 0. The van der Waals surface area contributed by atoms with Gasteiger partial charge in [0.05, 0.1) is 16.6 Å². The largest absolute Gasteiger partial charge is 0.507 e. The molecular weight excluding hydrogens is 493 g/mol. The van der Waals surface area contributed by atoms with E-state index in [1.165, 1.54) is 21.6 Å². The zero-order valence-electron chi connectivity index (χ0n) is 22.8. The second-order valence-corrected chi connectivity index (χ2v) is 13.7. The van der Waals surface area contributed by atoms with Crippen molar-refractivity contribution in [3.05, 3.63) is 138 Å². The first kappa shape index (κ1) is 25.5. The predicted molar refractivity (Wildman–Crippen MR) is 168 cm³/mol. The Morgan fingerprint density at radius 2 is 1.38 bits per heavy atom. The molecule has 2 atom stereocenters. The molecule has 0 amide bonds. The van der Waals surface area contributed by atoms with E-state index in [2.05, 4.69) is 142 Å². The number of phenolic OH excluding ortho intramolecular Hbond substituents is 1. The first-order valence-electron chi connectivity index (χ1n) is 13.7. The highest BCUT2D eigenvalue weighted by Crippen LogP contribution is 2.60. The Labute approximate surface area is 232 Å². The van der Waals surface area contributed by atoms with Crippen molar-refractivity contribution < 1.29 is 5.11 Å². The average Bonchev–Trinajstić information content (AvgIpc) is 3.33. The molecule has 0 bridgehead atoms. The second kappa shape index (κ2) is 10.1. The molecule has 0 spiro atoms. The molecule has 1 saturated heterocycles. The van der Waals surface area contributed by atoms with Crippen LogP contribution >= 0.6 is 7.92 Å². The smallest absolute Gasteiger partial charge is 0.123 e. The standard InChI is InChI=1S/C36H34NOP/c1-35(2,3)31-19-12-20-32(33(31)38)36(28-15-6-4-7-16-28)23-24-39(30-17-8-5-9-18-30)34(36)37-29-22-21-26-13-10-11-14-27(26)25-29/h4-22,25,38H,23-24H2,1-3H3. The Kier molecular flexibility index (Phi) is 6.61. The van der Waals surface area contributed by atoms with Crippen molar-refractivity contribution in [3.8, 4) is 5.75 Å². The predicted octanol–water partition coefficient (Wildman–Crippen LogP) is 9.07. The maximum absolute atomic E-state index is 11.9. The summed E-state index contributed by atoms with van der Waals surface area (Å²) in [5, 5.41) is 15.7. The molecule has 1 N–H and O–H groups in total. The topological polar surface area (TPSA) is 32.6 Å². The number of nitrogens with zero attached hydrogens (tertiary/aromatic N) is 1. The molecule has 6 rings (SSSR count). The molecule has 3 heteroatoms. The highest BCUT2D eigenvalue weighted by atomic mass is 31.1. The third-order valence-electron chi connectivity index (χ3n) is 7.95. The highest BCUT2D eigenvalue weighted by Gasteiger charge is 2.50. The van der Waals surface area contributed by atoms with Gasteiger partial charge < -0.3 is 5.11 Å². The first-order chi connectivity index (χ1) is 18.9. The van der Waals surface area contributed by atoms with Crippen LogP contribution in [0.2, 0.25) is 0 Å². The molecular formula is C36H34NOP. The van der Waals surface area contributed by atoms with Crippen LogP contribution in [0.3, 0.4) is 0 Å². The third kappa shape index (κ3) is 4.58. The maximum Gasteiger partial charge on any atom is 0.123 e. The molecule has 0 radical (unpaired) electrons. The second-order valence-electron chi connectivity index (χ2n) is 11.4. The molecule has 5 aromatic carbocycles. The Morgan fingerprint density at radius 1 is 0.718 bits per heavy atom. The van der Waals surface area contributed by atoms with Gasteiger partial charge in [0.1, 0.15) is 5.75 Å². The van der Waals surface area contributed by atoms with Gasteiger partial charge in [-0.3, -0.25) is 4.99 Å². The van der Waals surface area contributed by atoms with E-state index >= 15 is 0 Å². The van der Waals surface area contributed by atoms with Crippen molar-refractivity contribution in [1.29, 1.82) is 0 Å². The van der Waals surface area contributed by atoms with Crippen LogP contribution in [-0.4, -0.2) is 16.7 Å². The van der Waals surface area contributed by atoms with E-state index in [1.54, 1.807) is 0 Å². The van der Waals surface area contributed by atoms with Crippen LogP contribution in [0.1, 0.15) is 43.9 Å². The van der Waals surface area contributed by atoms with Crippen molar-refractivity contribution in [3.63, 3.8) is 0 Å². The van der Waals surface area contributed by atoms with Crippen LogP contribution < -0.4 is 5.30 Å². The van der Waals surface area contributed by atoms with Crippen molar-refractivity contribution in [2.24, 2.45) is 4.99 Å². The fraction of sp³-hybridized carbons (Fsp3) is 0.194. The molecule has 1 aliphatic rings. The van der Waals surface area contributed by atoms with Gasteiger partial charge in [0.25, 0.3) is 0 Å². The molecule has 194 valence electrons. The SMILES string of the molecule is CC(C)(C)c1cccc(C2(c3ccccc3)CCP(c3ccccc3)C2=Nc2ccc3ccccc3c2)c1O. The summed E-state index contributed by atoms with van der Waals surface area (Å²) in [6.07, 6.45) is 1.91. The monoisotopic (exact) mass is 527 g/mol. The summed E-state index contributed by atoms with van der Waals surface area (Å²) in [5.41, 5.74) is 4.52. The molecule has 1 aliphatic heterocycles. The number of aliphatic imine (C=N–C) groups is 1. The minimum atomic E-state index is -0.717. The Hall–Kier alpha value is -3.74. The number of benzene rings is 5. The average molecular weight is 528 g/mol. The number of fused-ring (bicyclic) bond motifs is 1. The summed E-state index contributed by atoms with van der Waals surface area (Å²) in [5.74, 6) is 0.393. The van der Waals surface area contributed by atoms with E-state index < -0.39 is 13.3 Å². The lowest BCUT2D eigenvalue weighted by molar-refractivity contribution is 0.432. The van der Waals surface area contributed by atoms with Gasteiger partial charge in [-0.25, -0.2) is 0 Å². The molecule has 0 saturated carbocycles. The van der Waals surface area contributed by atoms with Gasteiger partial charge in [0, 0.05) is 5.56 Å². The minimum Gasteiger partial charge on any atom is -0.507 e. The van der Waals surface area contributed by atoms with Crippen molar-refractivity contribution in [1.82, 2.24) is 0 Å². The third-order valence-corrected chi connectivity index (χ3v) is 10.5. The van der Waals surface area contributed by atoms with Gasteiger partial charge in [-0.15, -0.1) is 0 Å². The van der Waals surface area contributed by atoms with Crippen LogP contribution in [0.5, 0.6) is 5.75 Å². The van der Waals surface area contributed by atoms with Gasteiger partial charge in [-0.1, -0.05) is 130 Å². The van der Waals surface area contributed by atoms with E-state index in [0.717, 1.165) is 34.8 Å². The van der Waals surface area contributed by atoms with Crippen LogP contribution in [0, 0.1) is 0 Å². The van der Waals surface area contributed by atoms with Gasteiger partial charge in [-0.05, 0) is 65.3 Å². The fourth-order valence-electron chi connectivity index (χ4n) is 6.01. The quantitative estimate of drug-likeness (QED) is 0.232. The maximum atomic E-state index is 11.9. The minimum absolute atomic E-state index is 0.184. The molecule has 39 heavy (non-hydrogen) atoms. The van der Waals surface area contributed by atoms with E-state index in [0.29, 0.717) is 5.75 Å². The fourth-order valence-corrected chi connectivity index (χ4v) is 8.88. The molecule has 1 fully saturated rings. The zero-order chi connectivity index (χ0) is 27.0. The summed E-state index contributed by atoms with van der Waals surface area (Å²) in [7, 11) is -0.717. The van der Waals surface area contributed by atoms with Gasteiger partial charge in [-0.2, -0.15) is 0 Å². The first-order valence-corrected chi connectivity index (χ1v) is 15.2. The Morgan fingerprint density at radius 3 is 2.10 bits per heavy atom. The molecule has 1 heterocycles. The van der Waals surface area contributed by atoms with Crippen LogP contribution in [0.4, 0.5) is 5.69 Å². The summed E-state index contributed by atoms with van der Waals surface area (Å²) >= 11 is 0. The van der Waals surface area contributed by atoms with Crippen molar-refractivity contribution in [2.75, 3.05) is 6.16 Å². The molecule has 5 aromatic rings. The van der Waals surface area contributed by atoms with E-state index in [-0.39, 0.29) is 5.41 Å². The van der Waals surface area contributed by atoms with Crippen molar-refractivity contribution >= 4 is 35.1 Å². The summed E-state index contributed by atoms with van der Waals surface area (Å²) in [4.78, 5) is 5.54. The molecule has 2 nitrogen and oxygen atoms in total. The van der Waals surface area contributed by atoms with Crippen LogP contribution in [0.15, 0.2) is 126 Å². The van der Waals surface area contributed by atoms with Gasteiger partial charge in [0.15, 0.2) is 0 Å². The van der Waals surface area contributed by atoms with Gasteiger partial charge >= 0.3 is 0 Å². The summed E-state index contributed by atoms with van der Waals surface area (Å²) in [6, 6.07) is 42.8. The lowest BCUT2D eigenvalue weighted by atomic mass is 9.71.